The van der Waals surface area contributed by atoms with Gasteiger partial charge in [-0.15, -0.1) is 0 Å². The lowest BCUT2D eigenvalue weighted by Gasteiger charge is -2.19. The summed E-state index contributed by atoms with van der Waals surface area (Å²) in [4.78, 5) is 46.3. The highest BCUT2D eigenvalue weighted by Gasteiger charge is 2.32. The van der Waals surface area contributed by atoms with Gasteiger partial charge in [-0.2, -0.15) is 0 Å². The van der Waals surface area contributed by atoms with Crippen LogP contribution in [-0.2, 0) is 19.1 Å². The van der Waals surface area contributed by atoms with Gasteiger partial charge in [-0.05, 0) is 49.7 Å². The highest BCUT2D eigenvalue weighted by molar-refractivity contribution is 6.03. The lowest BCUT2D eigenvalue weighted by atomic mass is 9.84. The number of carboxylic acids is 2. The first-order valence-corrected chi connectivity index (χ1v) is 14.7. The zero-order chi connectivity index (χ0) is 29.9. The van der Waals surface area contributed by atoms with Crippen LogP contribution < -0.4 is 0 Å². The van der Waals surface area contributed by atoms with E-state index in [0.29, 0.717) is 49.0 Å². The predicted octanol–water partition coefficient (Wildman–Crippen LogP) is 7.17. The van der Waals surface area contributed by atoms with E-state index >= 15 is 0 Å². The Balaban J connectivity index is 0.000000552. The van der Waals surface area contributed by atoms with Crippen molar-refractivity contribution in [2.45, 2.75) is 91.9 Å². The fraction of sp³-hybridized carbons (Fsp3) is 0.625. The van der Waals surface area contributed by atoms with Gasteiger partial charge in [0.25, 0.3) is 0 Å². The zero-order valence-electron chi connectivity index (χ0n) is 24.6. The van der Waals surface area contributed by atoms with Gasteiger partial charge in [0.05, 0.1) is 36.2 Å². The largest absolute Gasteiger partial charge is 0.481 e. The second-order valence-corrected chi connectivity index (χ2v) is 10.4. The van der Waals surface area contributed by atoms with Crippen LogP contribution in [0.25, 0.3) is 0 Å². The monoisotopic (exact) mass is 560 g/mol. The molecule has 8 nitrogen and oxygen atoms in total. The summed E-state index contributed by atoms with van der Waals surface area (Å²) < 4.78 is 11.0. The molecular weight excluding hydrogens is 512 g/mol. The minimum atomic E-state index is -1.06. The van der Waals surface area contributed by atoms with E-state index in [1.807, 2.05) is 0 Å². The summed E-state index contributed by atoms with van der Waals surface area (Å²) in [5, 5.41) is 17.3. The SMILES string of the molecule is CCCCC(CC)COC(=O)c1ccccc1C(=O)OCC(CC)CCCC.O=C(O)C1C=CCCC1C(=O)O. The summed E-state index contributed by atoms with van der Waals surface area (Å²) in [6.45, 7) is 9.34. The number of carboxylic acid groups (broad SMARTS) is 2. The third-order valence-corrected chi connectivity index (χ3v) is 7.38. The van der Waals surface area contributed by atoms with E-state index in [0.717, 1.165) is 51.4 Å². The molecule has 40 heavy (non-hydrogen) atoms. The van der Waals surface area contributed by atoms with Crippen molar-refractivity contribution in [2.75, 3.05) is 13.2 Å². The van der Waals surface area contributed by atoms with Gasteiger partial charge in [-0.1, -0.05) is 90.5 Å². The van der Waals surface area contributed by atoms with E-state index in [2.05, 4.69) is 27.7 Å². The van der Waals surface area contributed by atoms with E-state index in [4.69, 9.17) is 19.7 Å². The number of carbonyl (C=O) groups excluding carboxylic acids is 2. The number of benzene rings is 1. The minimum absolute atomic E-state index is 0.291. The standard InChI is InChI=1S/C24H38O4.C8H10O4/c1-5-9-13-19(7-3)17-27-23(25)21-15-11-12-16-22(21)24(26)28-18-20(8-4)14-10-6-2;9-7(10)5-3-1-2-4-6(5)8(11)12/h11-12,15-16,19-20H,5-10,13-14,17-18H2,1-4H3;1,3,5-6H,2,4H2,(H,9,10)(H,11,12). The number of hydrogen-bond acceptors (Lipinski definition) is 6. The lowest BCUT2D eigenvalue weighted by molar-refractivity contribution is -0.152. The summed E-state index contributed by atoms with van der Waals surface area (Å²) in [6.07, 6.45) is 12.9. The number of aliphatic carboxylic acids is 2. The molecule has 0 aliphatic heterocycles. The number of rotatable bonds is 16. The normalized spacial score (nSPS) is 17.6. The van der Waals surface area contributed by atoms with Gasteiger partial charge < -0.3 is 19.7 Å². The molecule has 224 valence electrons. The molecule has 2 N–H and O–H groups in total. The summed E-state index contributed by atoms with van der Waals surface area (Å²) in [5.74, 6) is -3.84. The van der Waals surface area contributed by atoms with E-state index in [1.165, 1.54) is 6.08 Å². The number of allylic oxidation sites excluding steroid dienone is 1. The van der Waals surface area contributed by atoms with Crippen LogP contribution in [-0.4, -0.2) is 47.3 Å². The molecule has 1 aliphatic carbocycles. The lowest BCUT2D eigenvalue weighted by Crippen LogP contribution is -2.30. The Labute approximate surface area is 239 Å². The molecule has 1 aromatic carbocycles. The van der Waals surface area contributed by atoms with Crippen molar-refractivity contribution in [1.82, 2.24) is 0 Å². The molecule has 0 amide bonds. The number of hydrogen-bond donors (Lipinski definition) is 2. The van der Waals surface area contributed by atoms with Crippen LogP contribution in [0.3, 0.4) is 0 Å². The van der Waals surface area contributed by atoms with Gasteiger partial charge in [0.15, 0.2) is 0 Å². The Morgan fingerprint density at radius 3 is 1.62 bits per heavy atom. The summed E-state index contributed by atoms with van der Waals surface area (Å²) in [6, 6.07) is 6.77. The zero-order valence-corrected chi connectivity index (χ0v) is 24.6. The van der Waals surface area contributed by atoms with E-state index < -0.39 is 35.7 Å². The van der Waals surface area contributed by atoms with Crippen LogP contribution in [0.5, 0.6) is 0 Å². The van der Waals surface area contributed by atoms with Gasteiger partial charge >= 0.3 is 23.9 Å². The maximum absolute atomic E-state index is 12.6. The van der Waals surface area contributed by atoms with Gasteiger partial charge in [0.2, 0.25) is 0 Å². The Hall–Kier alpha value is -3.16. The molecule has 0 heterocycles. The van der Waals surface area contributed by atoms with Crippen LogP contribution in [0.2, 0.25) is 0 Å². The molecule has 8 heteroatoms. The van der Waals surface area contributed by atoms with Crippen molar-refractivity contribution in [3.8, 4) is 0 Å². The predicted molar refractivity (Wildman–Crippen MR) is 154 cm³/mol. The minimum Gasteiger partial charge on any atom is -0.481 e. The Bertz CT molecular complexity index is 903. The molecule has 2 rings (SSSR count). The summed E-state index contributed by atoms with van der Waals surface area (Å²) in [5.41, 5.74) is 0.582. The van der Waals surface area contributed by atoms with Crippen LogP contribution in [0, 0.1) is 23.7 Å². The highest BCUT2D eigenvalue weighted by Crippen LogP contribution is 2.25. The van der Waals surface area contributed by atoms with Gasteiger partial charge in [0, 0.05) is 0 Å². The maximum atomic E-state index is 12.6. The number of unbranched alkanes of at least 4 members (excludes halogenated alkanes) is 2. The third-order valence-electron chi connectivity index (χ3n) is 7.38. The van der Waals surface area contributed by atoms with Crippen molar-refractivity contribution in [2.24, 2.45) is 23.7 Å². The van der Waals surface area contributed by atoms with Crippen LogP contribution >= 0.6 is 0 Å². The van der Waals surface area contributed by atoms with Gasteiger partial charge in [0.1, 0.15) is 0 Å². The van der Waals surface area contributed by atoms with Crippen molar-refractivity contribution in [3.05, 3.63) is 47.5 Å². The summed E-state index contributed by atoms with van der Waals surface area (Å²) in [7, 11) is 0. The van der Waals surface area contributed by atoms with Crippen molar-refractivity contribution in [1.29, 1.82) is 0 Å². The Morgan fingerprint density at radius 1 is 0.800 bits per heavy atom. The first kappa shape index (κ1) is 34.9. The van der Waals surface area contributed by atoms with Crippen molar-refractivity contribution < 1.29 is 38.9 Å². The van der Waals surface area contributed by atoms with Crippen molar-refractivity contribution >= 4 is 23.9 Å². The quantitative estimate of drug-likeness (QED) is 0.161. The molecule has 0 bridgehead atoms. The van der Waals surface area contributed by atoms with E-state index in [-0.39, 0.29) is 0 Å². The molecule has 0 fully saturated rings. The second kappa shape index (κ2) is 19.8. The molecule has 0 saturated heterocycles. The van der Waals surface area contributed by atoms with Crippen LogP contribution in [0.4, 0.5) is 0 Å². The highest BCUT2D eigenvalue weighted by atomic mass is 16.5. The Morgan fingerprint density at radius 2 is 1.27 bits per heavy atom. The fourth-order valence-corrected chi connectivity index (χ4v) is 4.54. The molecule has 0 aromatic heterocycles. The average molecular weight is 561 g/mol. The van der Waals surface area contributed by atoms with Crippen LogP contribution in [0.1, 0.15) is 113 Å². The Kier molecular flexibility index (Phi) is 17.3. The number of esters is 2. The molecule has 0 radical (unpaired) electrons. The van der Waals surface area contributed by atoms with Crippen molar-refractivity contribution in [3.63, 3.8) is 0 Å². The molecule has 1 aromatic rings. The van der Waals surface area contributed by atoms with E-state index in [9.17, 15) is 19.2 Å². The molecule has 4 unspecified atom stereocenters. The molecule has 4 atom stereocenters. The van der Waals surface area contributed by atoms with Gasteiger partial charge in [-0.25, -0.2) is 9.59 Å². The second-order valence-electron chi connectivity index (χ2n) is 10.4. The molecular formula is C32H48O8. The van der Waals surface area contributed by atoms with Gasteiger partial charge in [-0.3, -0.25) is 9.59 Å². The molecule has 1 aliphatic rings. The smallest absolute Gasteiger partial charge is 0.339 e. The first-order chi connectivity index (χ1) is 19.2. The summed E-state index contributed by atoms with van der Waals surface area (Å²) >= 11 is 0. The average Bonchev–Trinajstić information content (AvgIpc) is 2.97. The van der Waals surface area contributed by atoms with E-state index in [1.54, 1.807) is 30.3 Å². The maximum Gasteiger partial charge on any atom is 0.339 e. The first-order valence-electron chi connectivity index (χ1n) is 14.7. The number of ether oxygens (including phenoxy) is 2. The third kappa shape index (κ3) is 12.3. The fourth-order valence-electron chi connectivity index (χ4n) is 4.54. The number of carbonyl (C=O) groups is 4. The molecule has 0 saturated carbocycles. The molecule has 0 spiro atoms. The topological polar surface area (TPSA) is 127 Å². The van der Waals surface area contributed by atoms with Crippen LogP contribution in [0.15, 0.2) is 36.4 Å².